The monoisotopic (exact) mass is 690 g/mol. The van der Waals surface area contributed by atoms with E-state index in [0.29, 0.717) is 5.92 Å². The van der Waals surface area contributed by atoms with Gasteiger partial charge in [0.2, 0.25) is 0 Å². The second-order valence-corrected chi connectivity index (χ2v) is 9.17. The van der Waals surface area contributed by atoms with Gasteiger partial charge in [0.15, 0.2) is 0 Å². The first-order chi connectivity index (χ1) is 22.5. The smallest absolute Gasteiger partial charge is 0.0280 e. The molecule has 0 atom stereocenters. The Bertz CT molecular complexity index is 1960. The maximum absolute atomic E-state index is 7.62. The fourth-order valence-corrected chi connectivity index (χ4v) is 4.00. The molecule has 0 unspecified atom stereocenters. The van der Waals surface area contributed by atoms with Gasteiger partial charge in [-0.25, -0.2) is 0 Å². The van der Waals surface area contributed by atoms with Crippen molar-refractivity contribution in [1.29, 1.82) is 0 Å². The summed E-state index contributed by atoms with van der Waals surface area (Å²) in [6, 6.07) is 20.9. The Morgan fingerprint density at radius 3 is 2.45 bits per heavy atom. The molecule has 3 nitrogen and oxygen atoms in total. The quantitative estimate of drug-likeness (QED) is 0.178. The van der Waals surface area contributed by atoms with Crippen molar-refractivity contribution in [3.8, 4) is 22.5 Å². The van der Waals surface area contributed by atoms with Gasteiger partial charge in [-0.2, -0.15) is 0 Å². The zero-order chi connectivity index (χ0) is 36.7. The van der Waals surface area contributed by atoms with E-state index in [0.717, 1.165) is 35.2 Å². The Labute approximate surface area is 258 Å². The van der Waals surface area contributed by atoms with Gasteiger partial charge in [0.25, 0.3) is 0 Å². The first-order valence-electron chi connectivity index (χ1n) is 17.8. The topological polar surface area (TPSA) is 38.7 Å². The summed E-state index contributed by atoms with van der Waals surface area (Å²) in [5, 5.41) is 2.45. The van der Waals surface area contributed by atoms with E-state index >= 15 is 0 Å². The molecule has 0 aliphatic heterocycles. The zero-order valence-corrected chi connectivity index (χ0v) is 23.9. The molecule has 0 N–H and O–H groups in total. The van der Waals surface area contributed by atoms with Gasteiger partial charge < -0.3 is 15.0 Å². The van der Waals surface area contributed by atoms with Crippen LogP contribution in [0.25, 0.3) is 33.3 Å². The summed E-state index contributed by atoms with van der Waals surface area (Å²) in [6.45, 7) is -2.40. The molecular formula is C34H35IrN3-2. The van der Waals surface area contributed by atoms with Crippen molar-refractivity contribution in [2.45, 2.75) is 61.0 Å². The number of rotatable bonds is 3. The summed E-state index contributed by atoms with van der Waals surface area (Å²) in [5.74, 6) is 0.541. The van der Waals surface area contributed by atoms with Crippen LogP contribution in [-0.4, -0.2) is 15.0 Å². The molecule has 0 saturated heterocycles. The van der Waals surface area contributed by atoms with Gasteiger partial charge in [0.1, 0.15) is 0 Å². The predicted octanol–water partition coefficient (Wildman–Crippen LogP) is 8.62. The van der Waals surface area contributed by atoms with Gasteiger partial charge in [-0.3, -0.25) is 0 Å². The molecule has 5 aromatic rings. The van der Waals surface area contributed by atoms with Crippen LogP contribution in [0.4, 0.5) is 0 Å². The standard InChI is InChI=1S/C20H20N.C14H15N2.Ir/c1-13(2)16-5-6-19-17(12-16)7-8-21-20(19)18-10-14(3)9-15(4)11-18;1-9-7-14(15-8-10(9)2)13-6-5-11(3)16-12(13)4;/h5-10,12-13H,1-4H3;5,7-8H,1-4H3;/q2*-1;/i;1D3,2D3,3D3,4D3;. The van der Waals surface area contributed by atoms with Gasteiger partial charge in [-0.1, -0.05) is 71.2 Å². The zero-order valence-electron chi connectivity index (χ0n) is 33.5. The van der Waals surface area contributed by atoms with Crippen molar-refractivity contribution in [1.82, 2.24) is 15.0 Å². The van der Waals surface area contributed by atoms with Crippen LogP contribution in [0, 0.1) is 53.4 Å². The Hall–Kier alpha value is -3.20. The molecule has 0 fully saturated rings. The fourth-order valence-electron chi connectivity index (χ4n) is 4.00. The number of aryl methyl sites for hydroxylation is 6. The van der Waals surface area contributed by atoms with E-state index < -0.39 is 49.9 Å². The second-order valence-electron chi connectivity index (χ2n) is 9.17. The van der Waals surface area contributed by atoms with Gasteiger partial charge in [-0.05, 0) is 70.4 Å². The number of hydrogen-bond donors (Lipinski definition) is 0. The number of aromatic nitrogens is 3. The summed E-state index contributed by atoms with van der Waals surface area (Å²) in [6.07, 6.45) is 2.74. The molecule has 0 spiro atoms. The van der Waals surface area contributed by atoms with Gasteiger partial charge in [0.05, 0.1) is 0 Å². The Morgan fingerprint density at radius 2 is 1.74 bits per heavy atom. The summed E-state index contributed by atoms with van der Waals surface area (Å²) in [7, 11) is 0. The third-order valence-corrected chi connectivity index (χ3v) is 5.84. The molecule has 0 aliphatic rings. The molecule has 5 rings (SSSR count). The van der Waals surface area contributed by atoms with Gasteiger partial charge >= 0.3 is 0 Å². The number of benzene rings is 2. The predicted molar refractivity (Wildman–Crippen MR) is 155 cm³/mol. The summed E-state index contributed by atoms with van der Waals surface area (Å²) in [4.78, 5) is 12.2. The number of nitrogens with zero attached hydrogens (tertiary/aromatic N) is 3. The van der Waals surface area contributed by atoms with Crippen LogP contribution in [0.1, 0.15) is 75.4 Å². The number of pyridine rings is 3. The van der Waals surface area contributed by atoms with E-state index in [-0.39, 0.29) is 31.4 Å². The second kappa shape index (κ2) is 12.6. The van der Waals surface area contributed by atoms with Crippen LogP contribution in [0.3, 0.4) is 0 Å². The molecule has 197 valence electrons. The number of hydrogen-bond acceptors (Lipinski definition) is 3. The molecule has 0 saturated carbocycles. The minimum Gasteiger partial charge on any atom is -0.354 e. The van der Waals surface area contributed by atoms with E-state index in [1.807, 2.05) is 6.20 Å². The van der Waals surface area contributed by atoms with Crippen molar-refractivity contribution in [2.75, 3.05) is 0 Å². The minimum absolute atomic E-state index is 0. The molecule has 3 aromatic heterocycles. The summed E-state index contributed by atoms with van der Waals surface area (Å²) in [5.41, 5.74) is 3.35. The largest absolute Gasteiger partial charge is 0.354 e. The molecule has 0 amide bonds. The van der Waals surface area contributed by atoms with Crippen LogP contribution < -0.4 is 0 Å². The van der Waals surface area contributed by atoms with E-state index in [1.54, 1.807) is 0 Å². The fraction of sp³-hybridized carbons (Fsp3) is 0.265. The first kappa shape index (κ1) is 16.7. The minimum atomic E-state index is -2.84. The van der Waals surface area contributed by atoms with Crippen molar-refractivity contribution >= 4 is 10.8 Å². The molecule has 4 heteroatoms. The van der Waals surface area contributed by atoms with Crippen molar-refractivity contribution < 1.29 is 36.6 Å². The Morgan fingerprint density at radius 1 is 0.895 bits per heavy atom. The molecule has 0 aliphatic carbocycles. The molecule has 2 aromatic carbocycles. The summed E-state index contributed by atoms with van der Waals surface area (Å²) < 4.78 is 90.2. The molecular weight excluding hydrogens is 643 g/mol. The van der Waals surface area contributed by atoms with E-state index in [2.05, 4.69) is 91.2 Å². The summed E-state index contributed by atoms with van der Waals surface area (Å²) >= 11 is 0. The molecule has 0 bridgehead atoms. The van der Waals surface area contributed by atoms with Crippen molar-refractivity contribution in [2.24, 2.45) is 0 Å². The first-order valence-corrected chi connectivity index (χ1v) is 11.8. The van der Waals surface area contributed by atoms with Crippen molar-refractivity contribution in [3.63, 3.8) is 0 Å². The number of fused-ring (bicyclic) bond motifs is 1. The normalized spacial score (nSPS) is 16.7. The van der Waals surface area contributed by atoms with Crippen LogP contribution in [0.15, 0.2) is 60.9 Å². The van der Waals surface area contributed by atoms with Crippen LogP contribution in [-0.2, 0) is 20.1 Å². The van der Waals surface area contributed by atoms with Crippen LogP contribution in [0.5, 0.6) is 0 Å². The average Bonchev–Trinajstić information content (AvgIpc) is 2.98. The van der Waals surface area contributed by atoms with E-state index in [4.69, 9.17) is 16.4 Å². The van der Waals surface area contributed by atoms with Gasteiger partial charge in [0, 0.05) is 48.9 Å². The third kappa shape index (κ3) is 6.81. The van der Waals surface area contributed by atoms with Gasteiger partial charge in [-0.15, -0.1) is 52.6 Å². The van der Waals surface area contributed by atoms with Crippen molar-refractivity contribution in [3.05, 3.63) is 112 Å². The SMILES string of the molecule is Cc1[c-]c(-c2nccc3cc(C(C)C)ccc23)cc(C)c1.[2H]C([2H])([2H])c1c[c-]c(-c2cc(C([2H])([2H])[2H])c(C([2H])([2H])[2H])cn2)c(C([2H])([2H])[2H])n1.[Ir]. The Balaban J connectivity index is 0.000000274. The van der Waals surface area contributed by atoms with Crippen LogP contribution in [0.2, 0.25) is 0 Å². The molecule has 1 radical (unpaired) electrons. The maximum atomic E-state index is 7.62. The molecule has 3 heterocycles. The average molecular weight is 690 g/mol. The van der Waals surface area contributed by atoms with E-state index in [9.17, 15) is 0 Å². The Kier molecular flexibility index (Phi) is 5.52. The molecule has 38 heavy (non-hydrogen) atoms. The van der Waals surface area contributed by atoms with Crippen LogP contribution >= 0.6 is 0 Å². The maximum Gasteiger partial charge on any atom is 0.0280 e. The third-order valence-electron chi connectivity index (χ3n) is 5.84. The van der Waals surface area contributed by atoms with E-state index in [1.165, 1.54) is 21.9 Å².